The Hall–Kier alpha value is -4.01. The van der Waals surface area contributed by atoms with Crippen LogP contribution in [0.5, 0.6) is 0 Å². The second-order valence-electron chi connectivity index (χ2n) is 17.4. The maximum atomic E-state index is 13.1. The summed E-state index contributed by atoms with van der Waals surface area (Å²) in [6.07, 6.45) is 12.9. The summed E-state index contributed by atoms with van der Waals surface area (Å²) < 4.78 is 46.2. The van der Waals surface area contributed by atoms with E-state index < -0.39 is 20.9 Å². The van der Waals surface area contributed by atoms with Gasteiger partial charge in [0.05, 0.1) is 12.0 Å². The molecule has 2 unspecified atom stereocenters. The summed E-state index contributed by atoms with van der Waals surface area (Å²) in [7, 11) is -4.67. The molecule has 8 rings (SSSR count). The van der Waals surface area contributed by atoms with Gasteiger partial charge in [-0.1, -0.05) is 79.5 Å². The molecule has 9 nitrogen and oxygen atoms in total. The second-order valence-corrected chi connectivity index (χ2v) is 20.6. The van der Waals surface area contributed by atoms with Crippen molar-refractivity contribution in [2.45, 2.75) is 82.4 Å². The fourth-order valence-electron chi connectivity index (χ4n) is 10.4. The van der Waals surface area contributed by atoms with Gasteiger partial charge in [0, 0.05) is 111 Å². The van der Waals surface area contributed by atoms with E-state index in [0.717, 1.165) is 106 Å². The second kappa shape index (κ2) is 17.9. The van der Waals surface area contributed by atoms with Crippen LogP contribution in [0.2, 0.25) is 10.0 Å². The Morgan fingerprint density at radius 1 is 0.823 bits per heavy atom. The molecule has 1 saturated carbocycles. The summed E-state index contributed by atoms with van der Waals surface area (Å²) in [5.74, 6) is 0.624. The molecule has 0 bridgehead atoms. The Kier molecular flexibility index (Phi) is 12.9. The van der Waals surface area contributed by atoms with Crippen LogP contribution in [-0.4, -0.2) is 42.9 Å². The van der Waals surface area contributed by atoms with Gasteiger partial charge in [-0.25, -0.2) is 12.9 Å². The molecule has 1 saturated heterocycles. The van der Waals surface area contributed by atoms with Crippen molar-refractivity contribution in [2.75, 3.05) is 23.7 Å². The number of halogens is 2. The number of allylic oxidation sites excluding steroid dienone is 8. The van der Waals surface area contributed by atoms with E-state index in [9.17, 15) is 18.2 Å². The SMILES string of the molecule is CC1(C)/C(=C\C=C2/CC/C(=C\C=C3/C(C)(C)c4cc(Cl)ccc4[N+]34CCCC4S(=O)(=O)[O-])C2=[N+](c2ccccc2)c2ccccc2)N(CCCCSOO[O-])c2ccc(Cl)cc21. The van der Waals surface area contributed by atoms with E-state index in [4.69, 9.17) is 23.2 Å². The topological polar surface area (TPSA) is 105 Å². The van der Waals surface area contributed by atoms with E-state index >= 15 is 0 Å². The van der Waals surface area contributed by atoms with Gasteiger partial charge in [-0.05, 0) is 93.7 Å². The zero-order valence-electron chi connectivity index (χ0n) is 35.4. The van der Waals surface area contributed by atoms with Crippen LogP contribution in [0.4, 0.5) is 22.7 Å². The van der Waals surface area contributed by atoms with Crippen molar-refractivity contribution in [3.63, 3.8) is 0 Å². The molecule has 3 heterocycles. The normalized spacial score (nSPS) is 24.0. The minimum atomic E-state index is -4.67. The average Bonchev–Trinajstić information content (AvgIpc) is 3.96. The lowest BCUT2D eigenvalue weighted by Crippen LogP contribution is -2.55. The van der Waals surface area contributed by atoms with E-state index in [0.29, 0.717) is 35.2 Å². The monoisotopic (exact) mass is 911 g/mol. The Balaban J connectivity index is 1.31. The number of quaternary nitrogens is 1. The van der Waals surface area contributed by atoms with Gasteiger partial charge in [-0.2, -0.15) is 8.91 Å². The van der Waals surface area contributed by atoms with Crippen LogP contribution in [0, 0.1) is 0 Å². The van der Waals surface area contributed by atoms with Crippen LogP contribution < -0.4 is 19.2 Å². The quantitative estimate of drug-likeness (QED) is 0.0263. The van der Waals surface area contributed by atoms with Crippen LogP contribution in [-0.2, 0) is 30.3 Å². The minimum Gasteiger partial charge on any atom is -0.743 e. The fourth-order valence-corrected chi connectivity index (χ4v) is 12.4. The van der Waals surface area contributed by atoms with Crippen molar-refractivity contribution in [1.29, 1.82) is 0 Å². The number of hydrogen-bond acceptors (Lipinski definition) is 8. The summed E-state index contributed by atoms with van der Waals surface area (Å²) in [6.45, 7) is 9.95. The molecule has 4 aromatic carbocycles. The van der Waals surface area contributed by atoms with Crippen molar-refractivity contribution < 1.29 is 27.6 Å². The van der Waals surface area contributed by atoms with Crippen molar-refractivity contribution in [2.24, 2.45) is 0 Å². The molecule has 4 aromatic rings. The Morgan fingerprint density at radius 3 is 2.06 bits per heavy atom. The standard InChI is InChI=1S/C49H51Cl2N3O6S2/c1-48(2)40-32-36(50)23-25-42(40)52(29-11-12-31-61-60-59-55)44(48)27-21-34-19-20-35(47(34)53(38-14-7-5-8-15-38)39-16-9-6-10-17-39)22-28-45-49(3,4)41-33-37(51)24-26-43(41)54(45)30-13-18-46(54)62(56,57)58/h5-10,14-17,21-28,32-33,46H,11-13,18-20,29-31H2,1-4H3/b35-22+,45-28+. The molecule has 13 heteroatoms. The summed E-state index contributed by atoms with van der Waals surface area (Å²) in [5.41, 5.74) is 10.4. The number of rotatable bonds is 12. The molecule has 4 aliphatic rings. The first-order chi connectivity index (χ1) is 29.7. The van der Waals surface area contributed by atoms with E-state index in [-0.39, 0.29) is 9.90 Å². The van der Waals surface area contributed by atoms with E-state index in [1.54, 1.807) is 6.07 Å². The lowest BCUT2D eigenvalue weighted by molar-refractivity contribution is -0.777. The first-order valence-electron chi connectivity index (χ1n) is 21.1. The van der Waals surface area contributed by atoms with Crippen LogP contribution >= 0.6 is 35.2 Å². The number of fused-ring (bicyclic) bond motifs is 3. The minimum absolute atomic E-state index is 0.00600. The lowest BCUT2D eigenvalue weighted by atomic mass is 9.83. The van der Waals surface area contributed by atoms with Crippen molar-refractivity contribution in [3.8, 4) is 0 Å². The van der Waals surface area contributed by atoms with Gasteiger partial charge >= 0.3 is 0 Å². The fraction of sp³-hybridized carbons (Fsp3) is 0.327. The van der Waals surface area contributed by atoms with Crippen LogP contribution in [0.15, 0.2) is 144 Å². The Morgan fingerprint density at radius 2 is 1.44 bits per heavy atom. The average molecular weight is 913 g/mol. The number of anilines is 1. The zero-order chi connectivity index (χ0) is 43.9. The molecule has 0 aromatic heterocycles. The van der Waals surface area contributed by atoms with Crippen LogP contribution in [0.1, 0.15) is 77.3 Å². The third kappa shape index (κ3) is 8.17. The summed E-state index contributed by atoms with van der Waals surface area (Å²) in [6, 6.07) is 32.5. The van der Waals surface area contributed by atoms with Crippen molar-refractivity contribution in [1.82, 2.24) is 9.06 Å². The third-order valence-electron chi connectivity index (χ3n) is 13.1. The van der Waals surface area contributed by atoms with Gasteiger partial charge in [0.25, 0.3) is 0 Å². The molecule has 0 radical (unpaired) electrons. The Bertz CT molecular complexity index is 2580. The van der Waals surface area contributed by atoms with Gasteiger partial charge in [0.2, 0.25) is 17.1 Å². The number of benzene rings is 4. The lowest BCUT2D eigenvalue weighted by Gasteiger charge is -2.39. The highest BCUT2D eigenvalue weighted by Gasteiger charge is 2.61. The summed E-state index contributed by atoms with van der Waals surface area (Å²) >= 11 is 14.2. The van der Waals surface area contributed by atoms with E-state index in [1.165, 1.54) is 0 Å². The van der Waals surface area contributed by atoms with E-state index in [2.05, 4.69) is 107 Å². The summed E-state index contributed by atoms with van der Waals surface area (Å²) in [5, 5.41) is 14.0. The molecule has 2 fully saturated rings. The predicted molar refractivity (Wildman–Crippen MR) is 250 cm³/mol. The van der Waals surface area contributed by atoms with E-state index in [1.807, 2.05) is 54.6 Å². The highest BCUT2D eigenvalue weighted by molar-refractivity contribution is 7.94. The molecular formula is C49H51Cl2N3O6S2. The third-order valence-corrected chi connectivity index (χ3v) is 15.5. The number of unbranched alkanes of at least 4 members (excludes halogenated alkanes) is 1. The highest BCUT2D eigenvalue weighted by atomic mass is 35.5. The highest BCUT2D eigenvalue weighted by Crippen LogP contribution is 2.58. The molecule has 0 amide bonds. The first kappa shape index (κ1) is 44.6. The largest absolute Gasteiger partial charge is 0.743 e. The van der Waals surface area contributed by atoms with Gasteiger partial charge in [-0.15, -0.1) is 0 Å². The molecule has 1 aliphatic carbocycles. The molecule has 62 heavy (non-hydrogen) atoms. The summed E-state index contributed by atoms with van der Waals surface area (Å²) in [4.78, 5) is 2.38. The van der Waals surface area contributed by atoms with Crippen LogP contribution in [0.3, 0.4) is 0 Å². The Labute approximate surface area is 379 Å². The smallest absolute Gasteiger partial charge is 0.218 e. The van der Waals surface area contributed by atoms with Gasteiger partial charge in [0.15, 0.2) is 15.5 Å². The maximum absolute atomic E-state index is 13.1. The first-order valence-corrected chi connectivity index (χ1v) is 24.2. The molecule has 3 aliphatic heterocycles. The number of para-hydroxylation sites is 2. The van der Waals surface area contributed by atoms with Gasteiger partial charge < -0.3 is 14.7 Å². The number of hydrogen-bond donors (Lipinski definition) is 0. The molecule has 1 spiro atoms. The number of nitrogens with zero attached hydrogens (tertiary/aromatic N) is 3. The predicted octanol–water partition coefficient (Wildman–Crippen LogP) is 11.1. The molecule has 0 N–H and O–H groups in total. The van der Waals surface area contributed by atoms with Crippen molar-refractivity contribution in [3.05, 3.63) is 165 Å². The van der Waals surface area contributed by atoms with Crippen LogP contribution in [0.25, 0.3) is 0 Å². The van der Waals surface area contributed by atoms with Gasteiger partial charge in [-0.3, -0.25) is 5.04 Å². The molecule has 324 valence electrons. The zero-order valence-corrected chi connectivity index (χ0v) is 38.5. The molecular weight excluding hydrogens is 862 g/mol. The van der Waals surface area contributed by atoms with Gasteiger partial charge in [0.1, 0.15) is 11.4 Å². The van der Waals surface area contributed by atoms with Crippen molar-refractivity contribution >= 4 is 73.8 Å². The molecule has 2 atom stereocenters. The maximum Gasteiger partial charge on any atom is 0.218 e.